The van der Waals surface area contributed by atoms with Crippen molar-refractivity contribution in [2.24, 2.45) is 5.92 Å². The number of rotatable bonds is 7. The molecule has 1 aromatic rings. The molecule has 0 aliphatic heterocycles. The first-order valence-electron chi connectivity index (χ1n) is 7.06. The lowest BCUT2D eigenvalue weighted by atomic mass is 10.1. The molecule has 2 N–H and O–H groups in total. The molecule has 0 aromatic carbocycles. The lowest BCUT2D eigenvalue weighted by Gasteiger charge is -2.11. The normalized spacial score (nSPS) is 10.8. The largest absolute Gasteiger partial charge is 0.352 e. The number of aromatic nitrogens is 1. The molecule has 21 heavy (non-hydrogen) atoms. The molecule has 6 nitrogen and oxygen atoms in total. The van der Waals surface area contributed by atoms with Crippen LogP contribution in [0.15, 0.2) is 18.5 Å². The van der Waals surface area contributed by atoms with E-state index in [-0.39, 0.29) is 11.8 Å². The third kappa shape index (κ3) is 6.35. The van der Waals surface area contributed by atoms with E-state index in [1.165, 1.54) is 12.4 Å². The highest BCUT2D eigenvalue weighted by Crippen LogP contribution is 2.03. The van der Waals surface area contributed by atoms with E-state index in [1.54, 1.807) is 6.07 Å². The van der Waals surface area contributed by atoms with Crippen LogP contribution >= 0.6 is 0 Å². The van der Waals surface area contributed by atoms with Crippen molar-refractivity contribution in [1.29, 1.82) is 0 Å². The van der Waals surface area contributed by atoms with E-state index in [1.807, 2.05) is 32.8 Å². The van der Waals surface area contributed by atoms with Gasteiger partial charge in [-0.25, -0.2) is 0 Å². The van der Waals surface area contributed by atoms with Crippen molar-refractivity contribution >= 4 is 11.8 Å². The molecule has 0 saturated heterocycles. The molecule has 2 amide bonds. The maximum Gasteiger partial charge on any atom is 0.252 e. The average Bonchev–Trinajstić information content (AvgIpc) is 2.44. The number of carbonyl (C=O) groups is 2. The molecule has 0 atom stereocenters. The highest BCUT2D eigenvalue weighted by molar-refractivity contribution is 5.99. The summed E-state index contributed by atoms with van der Waals surface area (Å²) in [5.41, 5.74) is 0.793. The summed E-state index contributed by atoms with van der Waals surface area (Å²) in [6.07, 6.45) is 2.93. The van der Waals surface area contributed by atoms with Crippen molar-refractivity contribution in [2.75, 3.05) is 33.7 Å². The molecular weight excluding hydrogens is 268 g/mol. The fraction of sp³-hybridized carbons (Fsp3) is 0.533. The minimum absolute atomic E-state index is 0.209. The fourth-order valence-electron chi connectivity index (χ4n) is 1.58. The monoisotopic (exact) mass is 292 g/mol. The van der Waals surface area contributed by atoms with Gasteiger partial charge in [-0.15, -0.1) is 0 Å². The standard InChI is InChI=1S/C15H24N4O2/c1-11(2)8-18-15(21)13-7-12(9-16-10-13)14(20)17-5-6-19(3)4/h7,9-11H,5-6,8H2,1-4H3,(H,17,20)(H,18,21). The van der Waals surface area contributed by atoms with Gasteiger partial charge in [0, 0.05) is 32.0 Å². The zero-order valence-corrected chi connectivity index (χ0v) is 13.1. The van der Waals surface area contributed by atoms with Crippen LogP contribution in [0.25, 0.3) is 0 Å². The molecule has 0 aliphatic carbocycles. The Morgan fingerprint density at radius 3 is 2.24 bits per heavy atom. The summed E-state index contributed by atoms with van der Waals surface area (Å²) >= 11 is 0. The van der Waals surface area contributed by atoms with E-state index < -0.39 is 0 Å². The number of hydrogen-bond donors (Lipinski definition) is 2. The predicted molar refractivity (Wildman–Crippen MR) is 82.3 cm³/mol. The second kappa shape index (κ2) is 8.36. The summed E-state index contributed by atoms with van der Waals surface area (Å²) < 4.78 is 0. The van der Waals surface area contributed by atoms with Crippen LogP contribution in [0.4, 0.5) is 0 Å². The Bertz CT molecular complexity index is 486. The molecule has 0 aliphatic rings. The zero-order chi connectivity index (χ0) is 15.8. The Balaban J connectivity index is 2.62. The number of nitrogens with one attached hydrogen (secondary N) is 2. The van der Waals surface area contributed by atoms with Gasteiger partial charge in [-0.3, -0.25) is 14.6 Å². The minimum Gasteiger partial charge on any atom is -0.352 e. The maximum absolute atomic E-state index is 12.0. The summed E-state index contributed by atoms with van der Waals surface area (Å²) in [4.78, 5) is 29.8. The van der Waals surface area contributed by atoms with Gasteiger partial charge < -0.3 is 15.5 Å². The number of hydrogen-bond acceptors (Lipinski definition) is 4. The van der Waals surface area contributed by atoms with Gasteiger partial charge in [-0.1, -0.05) is 13.8 Å². The van der Waals surface area contributed by atoms with Crippen LogP contribution in [0, 0.1) is 5.92 Å². The van der Waals surface area contributed by atoms with E-state index in [9.17, 15) is 9.59 Å². The number of carbonyl (C=O) groups excluding carboxylic acids is 2. The smallest absolute Gasteiger partial charge is 0.252 e. The molecule has 0 spiro atoms. The molecule has 116 valence electrons. The summed E-state index contributed by atoms with van der Waals surface area (Å²) in [5, 5.41) is 5.60. The van der Waals surface area contributed by atoms with Crippen LogP contribution in [-0.4, -0.2) is 55.4 Å². The molecule has 0 fully saturated rings. The topological polar surface area (TPSA) is 74.3 Å². The first kappa shape index (κ1) is 17.1. The Morgan fingerprint density at radius 2 is 1.71 bits per heavy atom. The van der Waals surface area contributed by atoms with Crippen molar-refractivity contribution < 1.29 is 9.59 Å². The Hall–Kier alpha value is -1.95. The lowest BCUT2D eigenvalue weighted by Crippen LogP contribution is -2.32. The number of likely N-dealkylation sites (N-methyl/N-ethyl adjacent to an activating group) is 1. The van der Waals surface area contributed by atoms with Gasteiger partial charge in [0.15, 0.2) is 0 Å². The van der Waals surface area contributed by atoms with Crippen LogP contribution < -0.4 is 10.6 Å². The number of amides is 2. The third-order valence-electron chi connectivity index (χ3n) is 2.78. The van der Waals surface area contributed by atoms with Gasteiger partial charge in [0.25, 0.3) is 11.8 Å². The van der Waals surface area contributed by atoms with Crippen molar-refractivity contribution in [1.82, 2.24) is 20.5 Å². The summed E-state index contributed by atoms with van der Waals surface area (Å²) in [6.45, 7) is 5.95. The van der Waals surface area contributed by atoms with Gasteiger partial charge in [0.1, 0.15) is 0 Å². The highest BCUT2D eigenvalue weighted by atomic mass is 16.2. The lowest BCUT2D eigenvalue weighted by molar-refractivity contribution is 0.0948. The average molecular weight is 292 g/mol. The van der Waals surface area contributed by atoms with Crippen LogP contribution in [0.3, 0.4) is 0 Å². The van der Waals surface area contributed by atoms with Gasteiger partial charge >= 0.3 is 0 Å². The predicted octanol–water partition coefficient (Wildman–Crippen LogP) is 0.759. The van der Waals surface area contributed by atoms with Crippen molar-refractivity contribution in [3.8, 4) is 0 Å². The van der Waals surface area contributed by atoms with Crippen molar-refractivity contribution in [3.05, 3.63) is 29.6 Å². The van der Waals surface area contributed by atoms with Crippen LogP contribution in [0.1, 0.15) is 34.6 Å². The zero-order valence-electron chi connectivity index (χ0n) is 13.1. The van der Waals surface area contributed by atoms with E-state index in [2.05, 4.69) is 15.6 Å². The van der Waals surface area contributed by atoms with Crippen LogP contribution in [0.2, 0.25) is 0 Å². The third-order valence-corrected chi connectivity index (χ3v) is 2.78. The van der Waals surface area contributed by atoms with Gasteiger partial charge in [-0.2, -0.15) is 0 Å². The summed E-state index contributed by atoms with van der Waals surface area (Å²) in [5.74, 6) is -0.0542. The molecule has 0 bridgehead atoms. The van der Waals surface area contributed by atoms with Crippen LogP contribution in [-0.2, 0) is 0 Å². The second-order valence-electron chi connectivity index (χ2n) is 5.63. The molecule has 1 aromatic heterocycles. The molecule has 0 saturated carbocycles. The van der Waals surface area contributed by atoms with E-state index >= 15 is 0 Å². The molecule has 1 rings (SSSR count). The van der Waals surface area contributed by atoms with Crippen molar-refractivity contribution in [3.63, 3.8) is 0 Å². The second-order valence-corrected chi connectivity index (χ2v) is 5.63. The first-order chi connectivity index (χ1) is 9.90. The Morgan fingerprint density at radius 1 is 1.14 bits per heavy atom. The fourth-order valence-corrected chi connectivity index (χ4v) is 1.58. The van der Waals surface area contributed by atoms with Gasteiger partial charge in [0.05, 0.1) is 11.1 Å². The molecule has 6 heteroatoms. The van der Waals surface area contributed by atoms with E-state index in [4.69, 9.17) is 0 Å². The maximum atomic E-state index is 12.0. The highest BCUT2D eigenvalue weighted by Gasteiger charge is 2.11. The van der Waals surface area contributed by atoms with Crippen LogP contribution in [0.5, 0.6) is 0 Å². The number of pyridine rings is 1. The Kier molecular flexibility index (Phi) is 6.81. The summed E-state index contributed by atoms with van der Waals surface area (Å²) in [6, 6.07) is 1.56. The van der Waals surface area contributed by atoms with E-state index in [0.717, 1.165) is 6.54 Å². The molecule has 0 unspecified atom stereocenters. The van der Waals surface area contributed by atoms with Gasteiger partial charge in [-0.05, 0) is 26.1 Å². The molecular formula is C15H24N4O2. The number of nitrogens with zero attached hydrogens (tertiary/aromatic N) is 2. The van der Waals surface area contributed by atoms with E-state index in [0.29, 0.717) is 30.1 Å². The van der Waals surface area contributed by atoms with Gasteiger partial charge in [0.2, 0.25) is 0 Å². The first-order valence-corrected chi connectivity index (χ1v) is 7.06. The molecule has 0 radical (unpaired) electrons. The summed E-state index contributed by atoms with van der Waals surface area (Å²) in [7, 11) is 3.88. The quantitative estimate of drug-likeness (QED) is 0.778. The minimum atomic E-state index is -0.220. The molecule has 1 heterocycles. The SMILES string of the molecule is CC(C)CNC(=O)c1cncc(C(=O)NCCN(C)C)c1. The Labute approximate surface area is 125 Å². The van der Waals surface area contributed by atoms with Crippen molar-refractivity contribution in [2.45, 2.75) is 13.8 Å².